The highest BCUT2D eigenvalue weighted by Crippen LogP contribution is 2.37. The molecule has 2 aromatic rings. The van der Waals surface area contributed by atoms with Crippen molar-refractivity contribution in [2.24, 2.45) is 0 Å². The Bertz CT molecular complexity index is 1010. The van der Waals surface area contributed by atoms with Crippen LogP contribution < -0.4 is 15.0 Å². The van der Waals surface area contributed by atoms with E-state index >= 15 is 0 Å². The van der Waals surface area contributed by atoms with Gasteiger partial charge in [-0.2, -0.15) is 0 Å². The number of hydrogen-bond acceptors (Lipinski definition) is 5. The number of halogens is 4. The van der Waals surface area contributed by atoms with Crippen LogP contribution in [0.5, 0.6) is 5.75 Å². The second kappa shape index (κ2) is 8.22. The number of nitrogens with one attached hydrogen (secondary N) is 1. The first-order valence-corrected chi connectivity index (χ1v) is 10.1. The summed E-state index contributed by atoms with van der Waals surface area (Å²) >= 11 is 5.97. The van der Waals surface area contributed by atoms with Gasteiger partial charge in [0.05, 0.1) is 16.4 Å². The van der Waals surface area contributed by atoms with Crippen LogP contribution in [0.1, 0.15) is 18.4 Å². The van der Waals surface area contributed by atoms with Crippen molar-refractivity contribution >= 4 is 28.9 Å². The summed E-state index contributed by atoms with van der Waals surface area (Å²) in [5, 5.41) is 23.8. The van der Waals surface area contributed by atoms with Crippen molar-refractivity contribution in [1.82, 2.24) is 0 Å². The molecule has 0 aromatic heterocycles. The predicted molar refractivity (Wildman–Crippen MR) is 108 cm³/mol. The first-order chi connectivity index (χ1) is 14.7. The van der Waals surface area contributed by atoms with Gasteiger partial charge in [0, 0.05) is 31.1 Å². The summed E-state index contributed by atoms with van der Waals surface area (Å²) in [5.74, 6) is -2.25. The van der Waals surface area contributed by atoms with E-state index in [-0.39, 0.29) is 61.3 Å². The molecule has 166 valence electrons. The molecule has 1 saturated heterocycles. The molecule has 2 aromatic carbocycles. The van der Waals surface area contributed by atoms with Gasteiger partial charge in [-0.1, -0.05) is 11.6 Å². The number of benzene rings is 2. The van der Waals surface area contributed by atoms with Crippen LogP contribution in [0.4, 0.5) is 24.5 Å². The fourth-order valence-electron chi connectivity index (χ4n) is 3.94. The van der Waals surface area contributed by atoms with Gasteiger partial charge in [-0.3, -0.25) is 4.79 Å². The van der Waals surface area contributed by atoms with Gasteiger partial charge in [-0.25, -0.2) is 13.2 Å². The summed E-state index contributed by atoms with van der Waals surface area (Å²) in [7, 11) is 0. The number of piperidine rings is 1. The summed E-state index contributed by atoms with van der Waals surface area (Å²) < 4.78 is 47.3. The minimum Gasteiger partial charge on any atom is -0.490 e. The molecule has 0 unspecified atom stereocenters. The van der Waals surface area contributed by atoms with Crippen molar-refractivity contribution < 1.29 is 32.9 Å². The van der Waals surface area contributed by atoms with Crippen LogP contribution >= 0.6 is 11.6 Å². The monoisotopic (exact) mass is 456 g/mol. The Morgan fingerprint density at radius 1 is 1.23 bits per heavy atom. The van der Waals surface area contributed by atoms with Crippen molar-refractivity contribution in [3.63, 3.8) is 0 Å². The number of hydrogen-bond donors (Lipinski definition) is 3. The number of carbonyl (C=O) groups excluding carboxylic acids is 1. The van der Waals surface area contributed by atoms with E-state index < -0.39 is 29.2 Å². The molecule has 1 fully saturated rings. The zero-order chi connectivity index (χ0) is 22.3. The number of aliphatic hydroxyl groups is 2. The largest absolute Gasteiger partial charge is 0.490 e. The second-order valence-electron chi connectivity index (χ2n) is 7.77. The number of amides is 1. The average Bonchev–Trinajstić information content (AvgIpc) is 2.70. The molecule has 4 rings (SSSR count). The number of β-amino-alcohol motifs (C(OH)–C–C–N with tert-alkyl or cyclic N) is 1. The van der Waals surface area contributed by atoms with E-state index in [0.29, 0.717) is 17.4 Å². The van der Waals surface area contributed by atoms with Gasteiger partial charge in [0.15, 0.2) is 5.82 Å². The van der Waals surface area contributed by atoms with Gasteiger partial charge >= 0.3 is 0 Å². The Balaban J connectivity index is 1.48. The minimum absolute atomic E-state index is 0.0153. The lowest BCUT2D eigenvalue weighted by atomic mass is 9.89. The van der Waals surface area contributed by atoms with Crippen LogP contribution in [0.3, 0.4) is 0 Å². The first-order valence-electron chi connectivity index (χ1n) is 9.72. The Morgan fingerprint density at radius 3 is 2.71 bits per heavy atom. The van der Waals surface area contributed by atoms with Gasteiger partial charge in [0.2, 0.25) is 5.91 Å². The summed E-state index contributed by atoms with van der Waals surface area (Å²) in [6.45, 7) is -0.315. The fourth-order valence-corrected chi connectivity index (χ4v) is 4.25. The molecule has 2 aliphatic heterocycles. The van der Waals surface area contributed by atoms with Gasteiger partial charge in [0.25, 0.3) is 0 Å². The highest BCUT2D eigenvalue weighted by atomic mass is 35.5. The van der Waals surface area contributed by atoms with E-state index in [4.69, 9.17) is 16.3 Å². The zero-order valence-corrected chi connectivity index (χ0v) is 17.1. The summed E-state index contributed by atoms with van der Waals surface area (Å²) in [6, 6.07) is 4.24. The number of carbonyl (C=O) groups is 1. The molecule has 2 heterocycles. The number of anilines is 2. The predicted octanol–water partition coefficient (Wildman–Crippen LogP) is 3.02. The van der Waals surface area contributed by atoms with Crippen LogP contribution in [0.2, 0.25) is 5.02 Å². The standard InChI is InChI=1S/C21H20ClF3N2O4/c22-13-7-11(23)8-15(25)20(13)27-6-5-21(30,17(28)9-27)10-31-16-3-2-14(24)19-12(16)1-4-18(29)26-19/h2-3,7-8,17,28,30H,1,4-6,9-10H2,(H,26,29)/t17-,21-/m1/s1. The molecule has 6 nitrogen and oxygen atoms in total. The van der Waals surface area contributed by atoms with Crippen molar-refractivity contribution in [2.75, 3.05) is 29.9 Å². The normalized spacial score (nSPS) is 23.4. The molecular weight excluding hydrogens is 437 g/mol. The lowest BCUT2D eigenvalue weighted by Crippen LogP contribution is -2.58. The smallest absolute Gasteiger partial charge is 0.224 e. The highest BCUT2D eigenvalue weighted by molar-refractivity contribution is 6.33. The Hall–Kier alpha value is -2.49. The maximum absolute atomic E-state index is 14.2. The van der Waals surface area contributed by atoms with Gasteiger partial charge in [-0.15, -0.1) is 0 Å². The summed E-state index contributed by atoms with van der Waals surface area (Å²) in [4.78, 5) is 13.0. The SMILES string of the molecule is O=C1CCc2c(OC[C@]3(O)CCN(c4c(F)cc(F)cc4Cl)C[C@H]3O)ccc(F)c2N1. The van der Waals surface area contributed by atoms with E-state index in [9.17, 15) is 28.2 Å². The minimum atomic E-state index is -1.65. The topological polar surface area (TPSA) is 82.0 Å². The summed E-state index contributed by atoms with van der Waals surface area (Å²) in [5.41, 5.74) is -1.17. The molecule has 0 spiro atoms. The molecule has 10 heteroatoms. The molecule has 2 atom stereocenters. The van der Waals surface area contributed by atoms with E-state index in [2.05, 4.69) is 5.32 Å². The van der Waals surface area contributed by atoms with E-state index in [1.165, 1.54) is 11.0 Å². The van der Waals surface area contributed by atoms with Gasteiger partial charge in [0.1, 0.15) is 35.7 Å². The third-order valence-corrected chi connectivity index (χ3v) is 5.98. The molecule has 31 heavy (non-hydrogen) atoms. The third kappa shape index (κ3) is 4.17. The molecule has 2 aliphatic rings. The number of ether oxygens (including phenoxy) is 1. The Labute approximate surface area is 181 Å². The maximum atomic E-state index is 14.2. The molecular formula is C21H20ClF3N2O4. The van der Waals surface area contributed by atoms with E-state index in [1.54, 1.807) is 0 Å². The molecule has 3 N–H and O–H groups in total. The molecule has 0 saturated carbocycles. The van der Waals surface area contributed by atoms with Crippen molar-refractivity contribution in [1.29, 1.82) is 0 Å². The lowest BCUT2D eigenvalue weighted by Gasteiger charge is -2.43. The average molecular weight is 457 g/mol. The van der Waals surface area contributed by atoms with Crippen LogP contribution in [0, 0.1) is 17.5 Å². The van der Waals surface area contributed by atoms with Crippen LogP contribution in [0.25, 0.3) is 0 Å². The second-order valence-corrected chi connectivity index (χ2v) is 8.18. The third-order valence-electron chi connectivity index (χ3n) is 5.69. The van der Waals surface area contributed by atoms with E-state index in [1.807, 2.05) is 0 Å². The zero-order valence-electron chi connectivity index (χ0n) is 16.3. The number of aliphatic hydroxyl groups excluding tert-OH is 1. The molecule has 0 radical (unpaired) electrons. The number of rotatable bonds is 4. The molecule has 0 aliphatic carbocycles. The van der Waals surface area contributed by atoms with Crippen molar-refractivity contribution in [2.45, 2.75) is 31.0 Å². The Kier molecular flexibility index (Phi) is 5.76. The van der Waals surface area contributed by atoms with Crippen molar-refractivity contribution in [3.8, 4) is 5.75 Å². The van der Waals surface area contributed by atoms with E-state index in [0.717, 1.165) is 12.1 Å². The van der Waals surface area contributed by atoms with Gasteiger partial charge in [-0.05, 0) is 31.0 Å². The van der Waals surface area contributed by atoms with Gasteiger partial charge < -0.3 is 25.2 Å². The van der Waals surface area contributed by atoms with Crippen LogP contribution in [-0.4, -0.2) is 47.5 Å². The first kappa shape index (κ1) is 21.7. The number of fused-ring (bicyclic) bond motifs is 1. The maximum Gasteiger partial charge on any atom is 0.224 e. The van der Waals surface area contributed by atoms with Crippen molar-refractivity contribution in [3.05, 3.63) is 52.3 Å². The number of nitrogens with zero attached hydrogens (tertiary/aromatic N) is 1. The highest BCUT2D eigenvalue weighted by Gasteiger charge is 2.42. The molecule has 1 amide bonds. The Morgan fingerprint density at radius 2 is 2.00 bits per heavy atom. The lowest BCUT2D eigenvalue weighted by molar-refractivity contribution is -0.116. The van der Waals surface area contributed by atoms with Crippen LogP contribution in [-0.2, 0) is 11.2 Å². The molecule has 0 bridgehead atoms. The van der Waals surface area contributed by atoms with Crippen LogP contribution in [0.15, 0.2) is 24.3 Å². The quantitative estimate of drug-likeness (QED) is 0.659. The fraction of sp³-hybridized carbons (Fsp3) is 0.381. The summed E-state index contributed by atoms with van der Waals surface area (Å²) in [6.07, 6.45) is -0.844.